The number of hydrogen-bond acceptors (Lipinski definition) is 3. The zero-order chi connectivity index (χ0) is 17.0. The molecule has 1 aromatic carbocycles. The summed E-state index contributed by atoms with van der Waals surface area (Å²) < 4.78 is 13.9. The third-order valence-corrected chi connectivity index (χ3v) is 5.85. The number of carbonyl (C=O) groups is 1. The molecule has 2 aliphatic rings. The van der Waals surface area contributed by atoms with Gasteiger partial charge in [0.1, 0.15) is 5.82 Å². The van der Waals surface area contributed by atoms with Crippen LogP contribution in [0.25, 0.3) is 0 Å². The van der Waals surface area contributed by atoms with Gasteiger partial charge in [-0.2, -0.15) is 5.26 Å². The Balaban J connectivity index is 2.08. The molecule has 1 heterocycles. The van der Waals surface area contributed by atoms with Crippen LogP contribution in [0.1, 0.15) is 37.7 Å². The van der Waals surface area contributed by atoms with E-state index in [9.17, 15) is 14.4 Å². The largest absolute Gasteiger partial charge is 0.356 e. The van der Waals surface area contributed by atoms with Crippen molar-refractivity contribution in [3.05, 3.63) is 35.6 Å². The Bertz CT molecular complexity index is 623. The summed E-state index contributed by atoms with van der Waals surface area (Å²) >= 11 is 0. The van der Waals surface area contributed by atoms with Gasteiger partial charge in [-0.15, -0.1) is 0 Å². The van der Waals surface area contributed by atoms with Gasteiger partial charge < -0.3 is 10.6 Å². The van der Waals surface area contributed by atoms with Gasteiger partial charge >= 0.3 is 0 Å². The molecule has 0 radical (unpaired) electrons. The van der Waals surface area contributed by atoms with Crippen LogP contribution in [0.5, 0.6) is 0 Å². The lowest BCUT2D eigenvalue weighted by molar-refractivity contribution is -0.110. The number of hydrogen-bond donors (Lipinski definition) is 2. The quantitative estimate of drug-likeness (QED) is 0.816. The Morgan fingerprint density at radius 3 is 2.75 bits per heavy atom. The van der Waals surface area contributed by atoms with Gasteiger partial charge in [0.05, 0.1) is 11.5 Å². The molecule has 0 spiro atoms. The van der Waals surface area contributed by atoms with Crippen molar-refractivity contribution < 1.29 is 9.18 Å². The van der Waals surface area contributed by atoms with Crippen molar-refractivity contribution >= 4 is 6.41 Å². The van der Waals surface area contributed by atoms with E-state index in [2.05, 4.69) is 16.7 Å². The predicted molar refractivity (Wildman–Crippen MR) is 89.6 cm³/mol. The van der Waals surface area contributed by atoms with E-state index in [0.717, 1.165) is 57.2 Å². The predicted octanol–water partition coefficient (Wildman–Crippen LogP) is 2.50. The normalized spacial score (nSPS) is 27.2. The van der Waals surface area contributed by atoms with E-state index in [4.69, 9.17) is 0 Å². The standard InChI is InChI=1S/C19H24FN3O/c20-16-4-1-3-15(11-16)19(12-21,14-7-9-22-10-8-14)17-5-2-6-18(17)23-13-24/h1,3-4,11,13-14,17-18,22H,2,5-10H2,(H,23,24). The lowest BCUT2D eigenvalue weighted by Crippen LogP contribution is -2.51. The second-order valence-electron chi connectivity index (χ2n) is 6.94. The summed E-state index contributed by atoms with van der Waals surface area (Å²) in [5.74, 6) is -0.110. The third-order valence-electron chi connectivity index (χ3n) is 5.85. The molecular formula is C19H24FN3O. The van der Waals surface area contributed by atoms with E-state index in [0.29, 0.717) is 0 Å². The summed E-state index contributed by atoms with van der Waals surface area (Å²) in [4.78, 5) is 11.0. The fraction of sp³-hybridized carbons (Fsp3) is 0.579. The molecule has 3 unspecified atom stereocenters. The molecule has 0 bridgehead atoms. The third kappa shape index (κ3) is 2.91. The van der Waals surface area contributed by atoms with Crippen molar-refractivity contribution in [1.82, 2.24) is 10.6 Å². The maximum absolute atomic E-state index is 13.9. The number of nitrogens with zero attached hydrogens (tertiary/aromatic N) is 1. The molecule has 1 aliphatic carbocycles. The molecule has 0 aromatic heterocycles. The summed E-state index contributed by atoms with van der Waals surface area (Å²) in [6.07, 6.45) is 5.29. The minimum atomic E-state index is -0.749. The maximum Gasteiger partial charge on any atom is 0.207 e. The molecule has 2 fully saturated rings. The Morgan fingerprint density at radius 1 is 1.29 bits per heavy atom. The summed E-state index contributed by atoms with van der Waals surface area (Å²) in [5.41, 5.74) is 0.0166. The smallest absolute Gasteiger partial charge is 0.207 e. The zero-order valence-corrected chi connectivity index (χ0v) is 13.8. The first-order valence-electron chi connectivity index (χ1n) is 8.80. The van der Waals surface area contributed by atoms with Crippen LogP contribution < -0.4 is 10.6 Å². The number of nitriles is 1. The lowest BCUT2D eigenvalue weighted by atomic mass is 9.59. The van der Waals surface area contributed by atoms with Crippen LogP contribution in [-0.4, -0.2) is 25.5 Å². The van der Waals surface area contributed by atoms with Crippen molar-refractivity contribution in [2.45, 2.75) is 43.6 Å². The Labute approximate surface area is 142 Å². The van der Waals surface area contributed by atoms with Gasteiger partial charge in [-0.3, -0.25) is 4.79 Å². The first-order chi connectivity index (χ1) is 11.7. The average Bonchev–Trinajstić information content (AvgIpc) is 3.06. The highest BCUT2D eigenvalue weighted by Gasteiger charge is 2.51. The second kappa shape index (κ2) is 7.31. The Hall–Kier alpha value is -1.93. The number of piperidine rings is 1. The van der Waals surface area contributed by atoms with Gasteiger partial charge in [0, 0.05) is 12.0 Å². The molecule has 1 aliphatic heterocycles. The van der Waals surface area contributed by atoms with E-state index in [1.54, 1.807) is 6.07 Å². The molecule has 1 amide bonds. The van der Waals surface area contributed by atoms with Crippen LogP contribution in [0.3, 0.4) is 0 Å². The highest BCUT2D eigenvalue weighted by molar-refractivity contribution is 5.48. The highest BCUT2D eigenvalue weighted by Crippen LogP contribution is 2.49. The number of halogens is 1. The number of amides is 1. The fourth-order valence-electron chi connectivity index (χ4n) is 4.81. The van der Waals surface area contributed by atoms with Crippen molar-refractivity contribution in [2.75, 3.05) is 13.1 Å². The van der Waals surface area contributed by atoms with E-state index in [-0.39, 0.29) is 23.7 Å². The van der Waals surface area contributed by atoms with Gasteiger partial charge in [0.15, 0.2) is 0 Å². The highest BCUT2D eigenvalue weighted by atomic mass is 19.1. The van der Waals surface area contributed by atoms with Crippen molar-refractivity contribution in [2.24, 2.45) is 11.8 Å². The van der Waals surface area contributed by atoms with Crippen LogP contribution >= 0.6 is 0 Å². The van der Waals surface area contributed by atoms with E-state index < -0.39 is 5.41 Å². The number of rotatable bonds is 5. The first-order valence-corrected chi connectivity index (χ1v) is 8.80. The molecule has 1 saturated carbocycles. The molecule has 24 heavy (non-hydrogen) atoms. The number of nitrogens with one attached hydrogen (secondary N) is 2. The van der Waals surface area contributed by atoms with Crippen LogP contribution in [0, 0.1) is 29.0 Å². The van der Waals surface area contributed by atoms with Gasteiger partial charge in [-0.05, 0) is 62.4 Å². The van der Waals surface area contributed by atoms with E-state index >= 15 is 0 Å². The summed E-state index contributed by atoms with van der Waals surface area (Å²) in [5, 5.41) is 16.6. The van der Waals surface area contributed by atoms with Crippen molar-refractivity contribution in [3.8, 4) is 6.07 Å². The minimum Gasteiger partial charge on any atom is -0.356 e. The maximum atomic E-state index is 13.9. The van der Waals surface area contributed by atoms with Gasteiger partial charge in [0.25, 0.3) is 0 Å². The zero-order valence-electron chi connectivity index (χ0n) is 13.8. The van der Waals surface area contributed by atoms with Gasteiger partial charge in [0.2, 0.25) is 6.41 Å². The van der Waals surface area contributed by atoms with E-state index in [1.165, 1.54) is 12.1 Å². The number of carbonyl (C=O) groups excluding carboxylic acids is 1. The molecule has 3 atom stereocenters. The average molecular weight is 329 g/mol. The molecule has 4 nitrogen and oxygen atoms in total. The topological polar surface area (TPSA) is 64.9 Å². The first kappa shape index (κ1) is 16.9. The molecule has 1 saturated heterocycles. The van der Waals surface area contributed by atoms with Crippen molar-refractivity contribution in [3.63, 3.8) is 0 Å². The van der Waals surface area contributed by atoms with Gasteiger partial charge in [-0.25, -0.2) is 4.39 Å². The summed E-state index contributed by atoms with van der Waals surface area (Å²) in [7, 11) is 0. The SMILES string of the molecule is N#CC(c1cccc(F)c1)(C1CCNCC1)C1CCCC1NC=O. The van der Waals surface area contributed by atoms with Crippen molar-refractivity contribution in [1.29, 1.82) is 5.26 Å². The Morgan fingerprint density at radius 2 is 2.08 bits per heavy atom. The second-order valence-corrected chi connectivity index (χ2v) is 6.94. The summed E-state index contributed by atoms with van der Waals surface area (Å²) in [6, 6.07) is 9.10. The van der Waals surface area contributed by atoms with Crippen LogP contribution in [0.15, 0.2) is 24.3 Å². The van der Waals surface area contributed by atoms with E-state index in [1.807, 2.05) is 6.07 Å². The molecule has 3 rings (SSSR count). The number of benzene rings is 1. The van der Waals surface area contributed by atoms with Gasteiger partial charge in [-0.1, -0.05) is 18.6 Å². The van der Waals surface area contributed by atoms with Crippen LogP contribution in [-0.2, 0) is 10.2 Å². The Kier molecular flexibility index (Phi) is 5.15. The van der Waals surface area contributed by atoms with Crippen LogP contribution in [0.4, 0.5) is 4.39 Å². The monoisotopic (exact) mass is 329 g/mol. The molecule has 5 heteroatoms. The lowest BCUT2D eigenvalue weighted by Gasteiger charge is -2.44. The summed E-state index contributed by atoms with van der Waals surface area (Å²) in [6.45, 7) is 1.75. The van der Waals surface area contributed by atoms with Crippen LogP contribution in [0.2, 0.25) is 0 Å². The molecule has 1 aromatic rings. The molecule has 2 N–H and O–H groups in total. The minimum absolute atomic E-state index is 0.0136. The molecule has 128 valence electrons. The fourth-order valence-corrected chi connectivity index (χ4v) is 4.81. The molecular weight excluding hydrogens is 305 g/mol.